The van der Waals surface area contributed by atoms with Crippen LogP contribution in [0.1, 0.15) is 11.1 Å². The summed E-state index contributed by atoms with van der Waals surface area (Å²) in [5.41, 5.74) is 8.83. The molecule has 0 bridgehead atoms. The largest absolute Gasteiger partial charge is 0.375 e. The van der Waals surface area contributed by atoms with Crippen molar-refractivity contribution in [3.63, 3.8) is 0 Å². The van der Waals surface area contributed by atoms with Gasteiger partial charge in [0.15, 0.2) is 5.60 Å². The summed E-state index contributed by atoms with van der Waals surface area (Å²) in [6, 6.07) is 16.3. The standard InChI is InChI=1S/C22H26N2O4/c1-16-4-3-5-19(12-16)18-8-6-17(7-9-18)13-22(21(23)26)15-24(10-11-28-22)20(25)14-27-2/h3-9,12H,10-11,13-15H2,1-2H3,(H2,23,26). The number of amides is 2. The Balaban J connectivity index is 1.79. The highest BCUT2D eigenvalue weighted by Crippen LogP contribution is 2.26. The van der Waals surface area contributed by atoms with Crippen molar-refractivity contribution in [2.75, 3.05) is 33.4 Å². The molecule has 2 aromatic rings. The Hall–Kier alpha value is -2.70. The van der Waals surface area contributed by atoms with Crippen molar-refractivity contribution in [1.82, 2.24) is 4.90 Å². The molecule has 2 N–H and O–H groups in total. The Morgan fingerprint density at radius 1 is 1.18 bits per heavy atom. The van der Waals surface area contributed by atoms with E-state index >= 15 is 0 Å². The van der Waals surface area contributed by atoms with Gasteiger partial charge in [-0.15, -0.1) is 0 Å². The molecule has 6 heteroatoms. The van der Waals surface area contributed by atoms with Gasteiger partial charge in [-0.25, -0.2) is 0 Å². The highest BCUT2D eigenvalue weighted by Gasteiger charge is 2.43. The molecule has 6 nitrogen and oxygen atoms in total. The topological polar surface area (TPSA) is 81.9 Å². The summed E-state index contributed by atoms with van der Waals surface area (Å²) in [5, 5.41) is 0. The van der Waals surface area contributed by atoms with Gasteiger partial charge in [-0.1, -0.05) is 54.1 Å². The maximum absolute atomic E-state index is 12.3. The monoisotopic (exact) mass is 382 g/mol. The number of morpholine rings is 1. The molecular weight excluding hydrogens is 356 g/mol. The number of rotatable bonds is 6. The lowest BCUT2D eigenvalue weighted by molar-refractivity contribution is -0.165. The van der Waals surface area contributed by atoms with E-state index in [0.717, 1.165) is 16.7 Å². The molecular formula is C22H26N2O4. The van der Waals surface area contributed by atoms with E-state index in [-0.39, 0.29) is 25.7 Å². The minimum atomic E-state index is -1.23. The Morgan fingerprint density at radius 3 is 2.57 bits per heavy atom. The highest BCUT2D eigenvalue weighted by atomic mass is 16.5. The average molecular weight is 382 g/mol. The molecule has 0 saturated carbocycles. The molecule has 0 aliphatic carbocycles. The van der Waals surface area contributed by atoms with Crippen molar-refractivity contribution in [2.45, 2.75) is 18.9 Å². The van der Waals surface area contributed by atoms with E-state index in [4.69, 9.17) is 15.2 Å². The van der Waals surface area contributed by atoms with Gasteiger partial charge in [-0.2, -0.15) is 0 Å². The third-order valence-electron chi connectivity index (χ3n) is 5.05. The Morgan fingerprint density at radius 2 is 1.93 bits per heavy atom. The summed E-state index contributed by atoms with van der Waals surface area (Å²) >= 11 is 0. The summed E-state index contributed by atoms with van der Waals surface area (Å²) in [4.78, 5) is 26.0. The van der Waals surface area contributed by atoms with Crippen LogP contribution in [0.15, 0.2) is 48.5 Å². The number of carbonyl (C=O) groups excluding carboxylic acids is 2. The summed E-state index contributed by atoms with van der Waals surface area (Å²) in [6.07, 6.45) is 0.313. The predicted octanol–water partition coefficient (Wildman–Crippen LogP) is 1.93. The molecule has 0 aromatic heterocycles. The maximum Gasteiger partial charge on any atom is 0.251 e. The van der Waals surface area contributed by atoms with Gasteiger partial charge in [0.1, 0.15) is 6.61 Å². The lowest BCUT2D eigenvalue weighted by Gasteiger charge is -2.40. The fourth-order valence-corrected chi connectivity index (χ4v) is 3.52. The first-order valence-corrected chi connectivity index (χ1v) is 9.30. The maximum atomic E-state index is 12.3. The van der Waals surface area contributed by atoms with E-state index in [1.54, 1.807) is 4.90 Å². The van der Waals surface area contributed by atoms with E-state index in [2.05, 4.69) is 25.1 Å². The smallest absolute Gasteiger partial charge is 0.251 e. The normalized spacial score (nSPS) is 19.4. The Kier molecular flexibility index (Phi) is 6.11. The SMILES string of the molecule is COCC(=O)N1CCOC(Cc2ccc(-c3cccc(C)c3)cc2)(C(N)=O)C1. The number of benzene rings is 2. The molecule has 148 valence electrons. The number of nitrogens with zero attached hydrogens (tertiary/aromatic N) is 1. The average Bonchev–Trinajstić information content (AvgIpc) is 2.69. The summed E-state index contributed by atoms with van der Waals surface area (Å²) < 4.78 is 10.7. The number of nitrogens with two attached hydrogens (primary N) is 1. The molecule has 3 rings (SSSR count). The lowest BCUT2D eigenvalue weighted by atomic mass is 9.90. The minimum Gasteiger partial charge on any atom is -0.375 e. The molecule has 0 radical (unpaired) electrons. The van der Waals surface area contributed by atoms with E-state index in [9.17, 15) is 9.59 Å². The van der Waals surface area contributed by atoms with Crippen molar-refractivity contribution in [2.24, 2.45) is 5.73 Å². The van der Waals surface area contributed by atoms with Crippen LogP contribution in [-0.2, 0) is 25.5 Å². The van der Waals surface area contributed by atoms with Crippen molar-refractivity contribution >= 4 is 11.8 Å². The number of hydrogen-bond acceptors (Lipinski definition) is 4. The highest BCUT2D eigenvalue weighted by molar-refractivity contribution is 5.86. The molecule has 1 fully saturated rings. The summed E-state index contributed by atoms with van der Waals surface area (Å²) in [6.45, 7) is 2.85. The molecule has 1 unspecified atom stereocenters. The molecule has 1 aliphatic heterocycles. The molecule has 2 aromatic carbocycles. The number of ether oxygens (including phenoxy) is 2. The molecule has 1 aliphatic rings. The number of carbonyl (C=O) groups is 2. The Bertz CT molecular complexity index is 850. The van der Waals surface area contributed by atoms with E-state index in [1.807, 2.05) is 30.3 Å². The van der Waals surface area contributed by atoms with Gasteiger partial charge in [0.2, 0.25) is 5.91 Å². The van der Waals surface area contributed by atoms with Crippen LogP contribution in [0.4, 0.5) is 0 Å². The second-order valence-corrected chi connectivity index (χ2v) is 7.20. The number of primary amides is 1. The van der Waals surface area contributed by atoms with E-state index in [1.165, 1.54) is 12.7 Å². The third-order valence-corrected chi connectivity index (χ3v) is 5.05. The second kappa shape index (κ2) is 8.54. The van der Waals surface area contributed by atoms with Crippen LogP contribution < -0.4 is 5.73 Å². The molecule has 1 saturated heterocycles. The van der Waals surface area contributed by atoms with E-state index < -0.39 is 11.5 Å². The van der Waals surface area contributed by atoms with Crippen molar-refractivity contribution in [1.29, 1.82) is 0 Å². The molecule has 1 atom stereocenters. The zero-order chi connectivity index (χ0) is 20.1. The summed E-state index contributed by atoms with van der Waals surface area (Å²) in [5.74, 6) is -0.739. The predicted molar refractivity (Wildman–Crippen MR) is 107 cm³/mol. The van der Waals surface area contributed by atoms with E-state index in [0.29, 0.717) is 13.0 Å². The van der Waals surface area contributed by atoms with Gasteiger partial charge in [-0.05, 0) is 23.6 Å². The second-order valence-electron chi connectivity index (χ2n) is 7.20. The van der Waals surface area contributed by atoms with Gasteiger partial charge in [-0.3, -0.25) is 9.59 Å². The summed E-state index contributed by atoms with van der Waals surface area (Å²) in [7, 11) is 1.47. The van der Waals surface area contributed by atoms with Crippen LogP contribution in [0.25, 0.3) is 11.1 Å². The molecule has 1 heterocycles. The minimum absolute atomic E-state index is 0.0277. The molecule has 2 amide bonds. The van der Waals surface area contributed by atoms with Crippen LogP contribution >= 0.6 is 0 Å². The van der Waals surface area contributed by atoms with Gasteiger partial charge in [0.25, 0.3) is 5.91 Å². The fourth-order valence-electron chi connectivity index (χ4n) is 3.52. The number of methoxy groups -OCH3 is 1. The first kappa shape index (κ1) is 20.0. The van der Waals surface area contributed by atoms with Crippen molar-refractivity contribution < 1.29 is 19.1 Å². The van der Waals surface area contributed by atoms with Crippen molar-refractivity contribution in [3.8, 4) is 11.1 Å². The van der Waals surface area contributed by atoms with Gasteiger partial charge in [0, 0.05) is 20.1 Å². The van der Waals surface area contributed by atoms with Gasteiger partial charge in [0.05, 0.1) is 13.2 Å². The quantitative estimate of drug-likeness (QED) is 0.828. The zero-order valence-corrected chi connectivity index (χ0v) is 16.3. The lowest BCUT2D eigenvalue weighted by Crippen LogP contribution is -2.61. The van der Waals surface area contributed by atoms with Crippen LogP contribution in [0.2, 0.25) is 0 Å². The molecule has 0 spiro atoms. The van der Waals surface area contributed by atoms with Crippen LogP contribution in [0.3, 0.4) is 0 Å². The van der Waals surface area contributed by atoms with Crippen LogP contribution in [0, 0.1) is 6.92 Å². The first-order valence-electron chi connectivity index (χ1n) is 9.30. The molecule has 28 heavy (non-hydrogen) atoms. The number of hydrogen-bond donors (Lipinski definition) is 1. The third kappa shape index (κ3) is 4.40. The fraction of sp³-hybridized carbons (Fsp3) is 0.364. The van der Waals surface area contributed by atoms with Gasteiger partial charge < -0.3 is 20.1 Å². The van der Waals surface area contributed by atoms with Crippen molar-refractivity contribution in [3.05, 3.63) is 59.7 Å². The van der Waals surface area contributed by atoms with Gasteiger partial charge >= 0.3 is 0 Å². The van der Waals surface area contributed by atoms with Crippen LogP contribution in [-0.4, -0.2) is 55.7 Å². The Labute approximate surface area is 165 Å². The van der Waals surface area contributed by atoms with Crippen LogP contribution in [0.5, 0.6) is 0 Å². The first-order chi connectivity index (χ1) is 13.4. The zero-order valence-electron chi connectivity index (χ0n) is 16.3. The number of aryl methyl sites for hydroxylation is 1.